The van der Waals surface area contributed by atoms with Crippen LogP contribution in [0, 0.1) is 10.1 Å². The van der Waals surface area contributed by atoms with Gasteiger partial charge in [0, 0.05) is 19.2 Å². The fraction of sp³-hybridized carbons (Fsp3) is 0.333. The normalized spacial score (nSPS) is 10.2. The molecule has 2 rings (SSSR count). The molecule has 0 unspecified atom stereocenters. The summed E-state index contributed by atoms with van der Waals surface area (Å²) in [6.07, 6.45) is 0. The lowest BCUT2D eigenvalue weighted by atomic mass is 10.1. The standard InChI is InChI=1S/C21H25N3O7/c1-5-23(13-14-9-7-6-8-10-14)17(25)12-22-21(26)15-11-16(29-2)19(30-3)20(31-4)18(15)24(27)28/h6-11H,5,12-13H2,1-4H3,(H,22,26). The van der Waals surface area contributed by atoms with E-state index in [9.17, 15) is 19.7 Å². The van der Waals surface area contributed by atoms with Gasteiger partial charge in [-0.05, 0) is 12.5 Å². The Labute approximate surface area is 179 Å². The van der Waals surface area contributed by atoms with E-state index in [4.69, 9.17) is 14.2 Å². The van der Waals surface area contributed by atoms with E-state index in [1.54, 1.807) is 4.90 Å². The van der Waals surface area contributed by atoms with Crippen molar-refractivity contribution in [1.29, 1.82) is 0 Å². The number of amides is 2. The summed E-state index contributed by atoms with van der Waals surface area (Å²) >= 11 is 0. The van der Waals surface area contributed by atoms with Crippen LogP contribution in [0.25, 0.3) is 0 Å². The Morgan fingerprint density at radius 2 is 1.71 bits per heavy atom. The van der Waals surface area contributed by atoms with Gasteiger partial charge in [0.15, 0.2) is 5.75 Å². The van der Waals surface area contributed by atoms with Crippen molar-refractivity contribution in [3.05, 3.63) is 57.6 Å². The maximum Gasteiger partial charge on any atom is 0.327 e. The van der Waals surface area contributed by atoms with Crippen LogP contribution in [0.1, 0.15) is 22.8 Å². The largest absolute Gasteiger partial charge is 0.493 e. The predicted molar refractivity (Wildman–Crippen MR) is 113 cm³/mol. The van der Waals surface area contributed by atoms with E-state index in [0.29, 0.717) is 13.1 Å². The first-order valence-corrected chi connectivity index (χ1v) is 9.45. The number of methoxy groups -OCH3 is 3. The number of nitrogens with one attached hydrogen (secondary N) is 1. The molecule has 0 aromatic heterocycles. The first kappa shape index (κ1) is 23.5. The Morgan fingerprint density at radius 1 is 1.06 bits per heavy atom. The number of nitrogens with zero attached hydrogens (tertiary/aromatic N) is 2. The van der Waals surface area contributed by atoms with Crippen LogP contribution < -0.4 is 19.5 Å². The zero-order valence-electron chi connectivity index (χ0n) is 17.8. The monoisotopic (exact) mass is 431 g/mol. The Hall–Kier alpha value is -3.82. The van der Waals surface area contributed by atoms with Crippen LogP contribution in [0.5, 0.6) is 17.2 Å². The van der Waals surface area contributed by atoms with E-state index in [2.05, 4.69) is 5.32 Å². The van der Waals surface area contributed by atoms with Gasteiger partial charge < -0.3 is 24.4 Å². The number of ether oxygens (including phenoxy) is 3. The summed E-state index contributed by atoms with van der Waals surface area (Å²) in [6, 6.07) is 10.6. The molecule has 0 saturated carbocycles. The van der Waals surface area contributed by atoms with Crippen molar-refractivity contribution >= 4 is 17.5 Å². The number of carbonyl (C=O) groups is 2. The van der Waals surface area contributed by atoms with Gasteiger partial charge >= 0.3 is 5.69 Å². The molecule has 10 heteroatoms. The Kier molecular flexibility index (Phi) is 8.18. The molecule has 10 nitrogen and oxygen atoms in total. The van der Waals surface area contributed by atoms with Crippen LogP contribution in [-0.2, 0) is 11.3 Å². The number of hydrogen-bond donors (Lipinski definition) is 1. The minimum atomic E-state index is -0.810. The van der Waals surface area contributed by atoms with Gasteiger partial charge in [0.25, 0.3) is 5.91 Å². The van der Waals surface area contributed by atoms with E-state index < -0.39 is 16.5 Å². The van der Waals surface area contributed by atoms with Crippen molar-refractivity contribution in [1.82, 2.24) is 10.2 Å². The summed E-state index contributed by atoms with van der Waals surface area (Å²) in [4.78, 5) is 37.8. The molecule has 0 radical (unpaired) electrons. The molecule has 0 aliphatic carbocycles. The highest BCUT2D eigenvalue weighted by molar-refractivity contribution is 6.02. The molecule has 0 aliphatic rings. The second-order valence-corrected chi connectivity index (χ2v) is 6.37. The number of rotatable bonds is 10. The molecule has 2 aromatic carbocycles. The average Bonchev–Trinajstić information content (AvgIpc) is 2.79. The number of nitro groups is 1. The molecular formula is C21H25N3O7. The van der Waals surface area contributed by atoms with Crippen molar-refractivity contribution in [2.24, 2.45) is 0 Å². The molecule has 0 bridgehead atoms. The van der Waals surface area contributed by atoms with Gasteiger partial charge in [-0.15, -0.1) is 0 Å². The Balaban J connectivity index is 2.24. The topological polar surface area (TPSA) is 120 Å². The minimum Gasteiger partial charge on any atom is -0.493 e. The van der Waals surface area contributed by atoms with Gasteiger partial charge in [-0.1, -0.05) is 30.3 Å². The smallest absolute Gasteiger partial charge is 0.327 e. The van der Waals surface area contributed by atoms with Gasteiger partial charge in [-0.25, -0.2) is 0 Å². The highest BCUT2D eigenvalue weighted by Gasteiger charge is 2.32. The van der Waals surface area contributed by atoms with Crippen molar-refractivity contribution in [3.63, 3.8) is 0 Å². The molecule has 0 aliphatic heterocycles. The maximum absolute atomic E-state index is 12.7. The molecule has 0 saturated heterocycles. The summed E-state index contributed by atoms with van der Waals surface area (Å²) in [5.74, 6) is -1.31. The summed E-state index contributed by atoms with van der Waals surface area (Å²) in [7, 11) is 3.85. The minimum absolute atomic E-state index is 0.00987. The van der Waals surface area contributed by atoms with E-state index in [-0.39, 0.29) is 35.3 Å². The number of likely N-dealkylation sites (N-methyl/N-ethyl adjacent to an activating group) is 1. The molecule has 31 heavy (non-hydrogen) atoms. The third kappa shape index (κ3) is 5.41. The maximum atomic E-state index is 12.7. The molecule has 2 aromatic rings. The van der Waals surface area contributed by atoms with E-state index in [1.807, 2.05) is 37.3 Å². The molecule has 166 valence electrons. The van der Waals surface area contributed by atoms with E-state index >= 15 is 0 Å². The van der Waals surface area contributed by atoms with Crippen LogP contribution in [0.4, 0.5) is 5.69 Å². The number of benzene rings is 2. The first-order valence-electron chi connectivity index (χ1n) is 9.45. The fourth-order valence-corrected chi connectivity index (χ4v) is 3.04. The molecule has 2 amide bonds. The van der Waals surface area contributed by atoms with Crippen molar-refractivity contribution in [2.45, 2.75) is 13.5 Å². The van der Waals surface area contributed by atoms with Crippen molar-refractivity contribution in [2.75, 3.05) is 34.4 Å². The summed E-state index contributed by atoms with van der Waals surface area (Å²) in [6.45, 7) is 2.32. The van der Waals surface area contributed by atoms with Crippen LogP contribution in [0.15, 0.2) is 36.4 Å². The second kappa shape index (κ2) is 10.8. The summed E-state index contributed by atoms with van der Waals surface area (Å²) in [5, 5.41) is 14.1. The van der Waals surface area contributed by atoms with Crippen LogP contribution in [0.3, 0.4) is 0 Å². The molecule has 0 heterocycles. The van der Waals surface area contributed by atoms with Gasteiger partial charge in [0.05, 0.1) is 32.8 Å². The first-order chi connectivity index (χ1) is 14.9. The van der Waals surface area contributed by atoms with Crippen LogP contribution in [-0.4, -0.2) is 56.1 Å². The SMILES string of the molecule is CCN(Cc1ccccc1)C(=O)CNC(=O)c1cc(OC)c(OC)c(OC)c1[N+](=O)[O-]. The number of hydrogen-bond acceptors (Lipinski definition) is 7. The molecule has 0 spiro atoms. The number of carbonyl (C=O) groups excluding carboxylic acids is 2. The van der Waals surface area contributed by atoms with Gasteiger partial charge in [0.1, 0.15) is 5.56 Å². The summed E-state index contributed by atoms with van der Waals surface area (Å²) < 4.78 is 15.4. The third-order valence-corrected chi connectivity index (χ3v) is 4.58. The average molecular weight is 431 g/mol. The zero-order valence-corrected chi connectivity index (χ0v) is 17.8. The third-order valence-electron chi connectivity index (χ3n) is 4.58. The van der Waals surface area contributed by atoms with Crippen molar-refractivity contribution in [3.8, 4) is 17.2 Å². The second-order valence-electron chi connectivity index (χ2n) is 6.37. The highest BCUT2D eigenvalue weighted by atomic mass is 16.6. The molecule has 0 atom stereocenters. The van der Waals surface area contributed by atoms with Crippen LogP contribution in [0.2, 0.25) is 0 Å². The molecule has 0 fully saturated rings. The number of nitro benzene ring substituents is 1. The van der Waals surface area contributed by atoms with E-state index in [0.717, 1.165) is 5.56 Å². The lowest BCUT2D eigenvalue weighted by Crippen LogP contribution is -2.39. The van der Waals surface area contributed by atoms with Gasteiger partial charge in [-0.3, -0.25) is 19.7 Å². The highest BCUT2D eigenvalue weighted by Crippen LogP contribution is 2.46. The van der Waals surface area contributed by atoms with E-state index in [1.165, 1.54) is 27.4 Å². The zero-order chi connectivity index (χ0) is 23.0. The van der Waals surface area contributed by atoms with Crippen LogP contribution >= 0.6 is 0 Å². The van der Waals surface area contributed by atoms with Gasteiger partial charge in [-0.2, -0.15) is 0 Å². The summed E-state index contributed by atoms with van der Waals surface area (Å²) in [5.41, 5.74) is 0.0597. The fourth-order valence-electron chi connectivity index (χ4n) is 3.04. The molecule has 1 N–H and O–H groups in total. The lowest BCUT2D eigenvalue weighted by Gasteiger charge is -2.21. The van der Waals surface area contributed by atoms with Gasteiger partial charge in [0.2, 0.25) is 17.4 Å². The Morgan fingerprint density at radius 3 is 2.23 bits per heavy atom. The lowest BCUT2D eigenvalue weighted by molar-refractivity contribution is -0.386. The predicted octanol–water partition coefficient (Wildman–Crippen LogP) is 2.40. The van der Waals surface area contributed by atoms with Crippen molar-refractivity contribution < 1.29 is 28.7 Å². The Bertz CT molecular complexity index is 948. The molecular weight excluding hydrogens is 406 g/mol. The quantitative estimate of drug-likeness (QED) is 0.453.